The number of hydrogen-bond acceptors (Lipinski definition) is 4. The van der Waals surface area contributed by atoms with E-state index >= 15 is 0 Å². The van der Waals surface area contributed by atoms with Gasteiger partial charge in [0.15, 0.2) is 0 Å². The van der Waals surface area contributed by atoms with Gasteiger partial charge in [-0.1, -0.05) is 20.8 Å². The van der Waals surface area contributed by atoms with E-state index in [0.717, 1.165) is 10.7 Å². The number of rotatable bonds is 4. The van der Waals surface area contributed by atoms with Crippen LogP contribution in [-0.4, -0.2) is 20.7 Å². The zero-order valence-electron chi connectivity index (χ0n) is 13.2. The second kappa shape index (κ2) is 5.97. The first-order valence-corrected chi connectivity index (χ1v) is 7.93. The molecule has 0 aliphatic heterocycles. The Morgan fingerprint density at radius 1 is 1.43 bits per heavy atom. The van der Waals surface area contributed by atoms with E-state index in [0.29, 0.717) is 12.2 Å². The number of nitrogens with zero attached hydrogens (tertiary/aromatic N) is 3. The maximum Gasteiger partial charge on any atom is 0.269 e. The molecule has 2 heterocycles. The predicted molar refractivity (Wildman–Crippen MR) is 84.6 cm³/mol. The third-order valence-electron chi connectivity index (χ3n) is 3.11. The lowest BCUT2D eigenvalue weighted by Crippen LogP contribution is -2.26. The summed E-state index contributed by atoms with van der Waals surface area (Å²) in [6, 6.07) is 1.89. The molecular weight excluding hydrogens is 284 g/mol. The van der Waals surface area contributed by atoms with E-state index in [2.05, 4.69) is 41.6 Å². The fourth-order valence-corrected chi connectivity index (χ4v) is 2.85. The first-order chi connectivity index (χ1) is 9.79. The minimum Gasteiger partial charge on any atom is -0.344 e. The molecule has 0 fully saturated rings. The van der Waals surface area contributed by atoms with Gasteiger partial charge in [-0.25, -0.2) is 4.98 Å². The molecule has 5 nitrogen and oxygen atoms in total. The molecular formula is C15H22N4OS. The fourth-order valence-electron chi connectivity index (χ4n) is 1.89. The number of amides is 1. The zero-order valence-corrected chi connectivity index (χ0v) is 14.0. The zero-order chi connectivity index (χ0) is 15.6. The van der Waals surface area contributed by atoms with Crippen molar-refractivity contribution in [2.24, 2.45) is 0 Å². The molecule has 6 heteroatoms. The lowest BCUT2D eigenvalue weighted by atomic mass is 9.93. The molecule has 0 atom stereocenters. The van der Waals surface area contributed by atoms with E-state index in [4.69, 9.17) is 0 Å². The van der Waals surface area contributed by atoms with Crippen LogP contribution in [0.25, 0.3) is 0 Å². The first-order valence-electron chi connectivity index (χ1n) is 7.05. The molecule has 0 saturated carbocycles. The van der Waals surface area contributed by atoms with E-state index in [1.54, 1.807) is 28.3 Å². The molecule has 2 rings (SSSR count). The van der Waals surface area contributed by atoms with Gasteiger partial charge in [0, 0.05) is 23.0 Å². The van der Waals surface area contributed by atoms with Gasteiger partial charge in [0.05, 0.1) is 12.2 Å². The van der Waals surface area contributed by atoms with Crippen LogP contribution in [0, 0.1) is 0 Å². The molecule has 0 saturated heterocycles. The Morgan fingerprint density at radius 2 is 2.14 bits per heavy atom. The number of carbonyl (C=O) groups excluding carboxylic acids is 1. The van der Waals surface area contributed by atoms with Gasteiger partial charge >= 0.3 is 0 Å². The van der Waals surface area contributed by atoms with Gasteiger partial charge in [0.2, 0.25) is 0 Å². The van der Waals surface area contributed by atoms with E-state index < -0.39 is 0 Å². The average molecular weight is 306 g/mol. The van der Waals surface area contributed by atoms with Crippen molar-refractivity contribution in [2.75, 3.05) is 0 Å². The molecule has 0 aliphatic rings. The van der Waals surface area contributed by atoms with Gasteiger partial charge in [-0.05, 0) is 19.9 Å². The van der Waals surface area contributed by atoms with Crippen LogP contribution in [-0.2, 0) is 12.0 Å². The number of hydrogen-bond donors (Lipinski definition) is 1. The normalized spacial score (nSPS) is 11.9. The van der Waals surface area contributed by atoms with Crippen molar-refractivity contribution in [3.63, 3.8) is 0 Å². The second-order valence-corrected chi connectivity index (χ2v) is 7.26. The molecule has 0 spiro atoms. The molecule has 2 aromatic rings. The first kappa shape index (κ1) is 15.7. The van der Waals surface area contributed by atoms with Crippen LogP contribution in [0.3, 0.4) is 0 Å². The standard InChI is InChI=1S/C15H22N4OS/c1-10(2)19-11(6-7-17-19)14(20)16-8-13-18-12(9-21-13)15(3,4)5/h6-7,9-10H,8H2,1-5H3,(H,16,20). The Morgan fingerprint density at radius 3 is 2.71 bits per heavy atom. The van der Waals surface area contributed by atoms with Crippen molar-refractivity contribution in [3.8, 4) is 0 Å². The quantitative estimate of drug-likeness (QED) is 0.944. The van der Waals surface area contributed by atoms with Crippen LogP contribution in [0.5, 0.6) is 0 Å². The van der Waals surface area contributed by atoms with Crippen molar-refractivity contribution >= 4 is 17.2 Å². The predicted octanol–water partition coefficient (Wildman–Crippen LogP) is 3.15. The lowest BCUT2D eigenvalue weighted by molar-refractivity contribution is 0.0938. The summed E-state index contributed by atoms with van der Waals surface area (Å²) < 4.78 is 1.72. The summed E-state index contributed by atoms with van der Waals surface area (Å²) in [6.45, 7) is 10.8. The van der Waals surface area contributed by atoms with Gasteiger partial charge in [0.1, 0.15) is 10.7 Å². The molecule has 21 heavy (non-hydrogen) atoms. The molecule has 1 amide bonds. The molecule has 0 bridgehead atoms. The lowest BCUT2D eigenvalue weighted by Gasteiger charge is -2.14. The smallest absolute Gasteiger partial charge is 0.269 e. The van der Waals surface area contributed by atoms with Crippen LogP contribution >= 0.6 is 11.3 Å². The van der Waals surface area contributed by atoms with Gasteiger partial charge in [0.25, 0.3) is 5.91 Å². The molecule has 1 N–H and O–H groups in total. The highest BCUT2D eigenvalue weighted by molar-refractivity contribution is 7.09. The summed E-state index contributed by atoms with van der Waals surface area (Å²) in [4.78, 5) is 16.8. The highest BCUT2D eigenvalue weighted by atomic mass is 32.1. The Labute approximate surface area is 129 Å². The van der Waals surface area contributed by atoms with Crippen LogP contribution in [0.1, 0.15) is 61.9 Å². The fraction of sp³-hybridized carbons (Fsp3) is 0.533. The van der Waals surface area contributed by atoms with E-state index in [1.165, 1.54) is 0 Å². The third kappa shape index (κ3) is 3.69. The highest BCUT2D eigenvalue weighted by Gasteiger charge is 2.18. The number of nitrogens with one attached hydrogen (secondary N) is 1. The van der Waals surface area contributed by atoms with Crippen molar-refractivity contribution in [1.82, 2.24) is 20.1 Å². The van der Waals surface area contributed by atoms with Crippen molar-refractivity contribution in [1.29, 1.82) is 0 Å². The maximum absolute atomic E-state index is 12.2. The Hall–Kier alpha value is -1.69. The van der Waals surface area contributed by atoms with E-state index in [1.807, 2.05) is 13.8 Å². The van der Waals surface area contributed by atoms with Gasteiger partial charge < -0.3 is 5.32 Å². The highest BCUT2D eigenvalue weighted by Crippen LogP contribution is 2.23. The van der Waals surface area contributed by atoms with Crippen LogP contribution in [0.2, 0.25) is 0 Å². The minimum absolute atomic E-state index is 0.0367. The van der Waals surface area contributed by atoms with Crippen molar-refractivity contribution in [2.45, 2.75) is 52.6 Å². The van der Waals surface area contributed by atoms with Crippen LogP contribution in [0.15, 0.2) is 17.6 Å². The molecule has 0 unspecified atom stereocenters. The second-order valence-electron chi connectivity index (χ2n) is 6.31. The van der Waals surface area contributed by atoms with Crippen LogP contribution < -0.4 is 5.32 Å². The average Bonchev–Trinajstić information content (AvgIpc) is 3.04. The summed E-state index contributed by atoms with van der Waals surface area (Å²) in [7, 11) is 0. The summed E-state index contributed by atoms with van der Waals surface area (Å²) >= 11 is 1.58. The molecule has 114 valence electrons. The third-order valence-corrected chi connectivity index (χ3v) is 3.96. The van der Waals surface area contributed by atoms with E-state index in [9.17, 15) is 4.79 Å². The Bertz CT molecular complexity index is 622. The van der Waals surface area contributed by atoms with Gasteiger partial charge in [-0.2, -0.15) is 5.10 Å². The summed E-state index contributed by atoms with van der Waals surface area (Å²) in [6.07, 6.45) is 1.65. The summed E-state index contributed by atoms with van der Waals surface area (Å²) in [5.74, 6) is -0.117. The molecule has 0 radical (unpaired) electrons. The SMILES string of the molecule is CC(C)n1nccc1C(=O)NCc1nc(C(C)(C)C)cs1. The Balaban J connectivity index is 2.01. The minimum atomic E-state index is -0.117. The van der Waals surface area contributed by atoms with Crippen molar-refractivity contribution < 1.29 is 4.79 Å². The number of aromatic nitrogens is 3. The molecule has 2 aromatic heterocycles. The van der Waals surface area contributed by atoms with Gasteiger partial charge in [-0.3, -0.25) is 9.48 Å². The summed E-state index contributed by atoms with van der Waals surface area (Å²) in [5.41, 5.74) is 1.68. The van der Waals surface area contributed by atoms with Crippen LogP contribution in [0.4, 0.5) is 0 Å². The number of thiazole rings is 1. The largest absolute Gasteiger partial charge is 0.344 e. The monoisotopic (exact) mass is 306 g/mol. The maximum atomic E-state index is 12.2. The number of carbonyl (C=O) groups is 1. The van der Waals surface area contributed by atoms with Crippen molar-refractivity contribution in [3.05, 3.63) is 34.0 Å². The van der Waals surface area contributed by atoms with Gasteiger partial charge in [-0.15, -0.1) is 11.3 Å². The summed E-state index contributed by atoms with van der Waals surface area (Å²) in [5, 5.41) is 10.1. The van der Waals surface area contributed by atoms with E-state index in [-0.39, 0.29) is 17.4 Å². The topological polar surface area (TPSA) is 59.8 Å². The molecule has 0 aliphatic carbocycles. The molecule has 0 aromatic carbocycles. The Kier molecular flexibility index (Phi) is 4.46.